The Labute approximate surface area is 89.6 Å². The molecule has 0 bridgehead atoms. The molecule has 0 aliphatic heterocycles. The average molecular weight is 202 g/mol. The molecule has 2 heteroatoms. The van der Waals surface area contributed by atoms with Gasteiger partial charge in [0.25, 0.3) is 0 Å². The molecule has 0 atom stereocenters. The zero-order chi connectivity index (χ0) is 11.3. The van der Waals surface area contributed by atoms with Crippen molar-refractivity contribution in [3.05, 3.63) is 41.5 Å². The van der Waals surface area contributed by atoms with Crippen molar-refractivity contribution in [2.75, 3.05) is 0 Å². The summed E-state index contributed by atoms with van der Waals surface area (Å²) in [7, 11) is 0. The second-order valence-corrected chi connectivity index (χ2v) is 3.56. The van der Waals surface area contributed by atoms with Crippen LogP contribution < -0.4 is 0 Å². The fourth-order valence-electron chi connectivity index (χ4n) is 1.25. The maximum absolute atomic E-state index is 10.9. The van der Waals surface area contributed by atoms with E-state index in [2.05, 4.69) is 0 Å². The largest absolute Gasteiger partial charge is 0.300 e. The van der Waals surface area contributed by atoms with Gasteiger partial charge in [0.15, 0.2) is 5.78 Å². The molecule has 0 heterocycles. The van der Waals surface area contributed by atoms with Crippen molar-refractivity contribution in [2.24, 2.45) is 0 Å². The maximum Gasteiger partial charge on any atom is 0.152 e. The predicted molar refractivity (Wildman–Crippen MR) is 60.5 cm³/mol. The Bertz CT molecular complexity index is 386. The number of hydrogen-bond acceptors (Lipinski definition) is 2. The summed E-state index contributed by atoms with van der Waals surface area (Å²) in [6.07, 6.45) is 3.76. The first-order valence-corrected chi connectivity index (χ1v) is 4.85. The van der Waals surface area contributed by atoms with Gasteiger partial charge in [0, 0.05) is 6.42 Å². The van der Waals surface area contributed by atoms with Crippen LogP contribution >= 0.6 is 0 Å². The van der Waals surface area contributed by atoms with Crippen molar-refractivity contribution in [3.63, 3.8) is 0 Å². The Morgan fingerprint density at radius 3 is 2.20 bits per heavy atom. The Morgan fingerprint density at radius 1 is 1.13 bits per heavy atom. The van der Waals surface area contributed by atoms with E-state index in [4.69, 9.17) is 0 Å². The van der Waals surface area contributed by atoms with E-state index in [0.717, 1.165) is 11.1 Å². The second kappa shape index (κ2) is 5.25. The van der Waals surface area contributed by atoms with E-state index in [-0.39, 0.29) is 11.6 Å². The number of carbonyl (C=O) groups excluding carboxylic acids is 2. The molecule has 1 rings (SSSR count). The van der Waals surface area contributed by atoms with Crippen LogP contribution in [0.4, 0.5) is 0 Å². The highest BCUT2D eigenvalue weighted by molar-refractivity contribution is 5.91. The molecule has 0 saturated carbocycles. The van der Waals surface area contributed by atoms with E-state index >= 15 is 0 Å². The molecular weight excluding hydrogens is 188 g/mol. The zero-order valence-electron chi connectivity index (χ0n) is 8.99. The standard InChI is InChI=1S/C13H14O2/c1-10(14)3-4-12-5-7-13(8-6-12)9-11(2)15/h3-8H,9H2,1-2H3/b4-3+. The predicted octanol–water partition coefficient (Wildman–Crippen LogP) is 2.42. The van der Waals surface area contributed by atoms with Crippen LogP contribution in [-0.4, -0.2) is 11.6 Å². The minimum Gasteiger partial charge on any atom is -0.300 e. The van der Waals surface area contributed by atoms with E-state index in [1.165, 1.54) is 13.0 Å². The van der Waals surface area contributed by atoms with Gasteiger partial charge in [0.1, 0.15) is 5.78 Å². The molecule has 0 N–H and O–H groups in total. The fraction of sp³-hybridized carbons (Fsp3) is 0.231. The van der Waals surface area contributed by atoms with Crippen LogP contribution in [0.3, 0.4) is 0 Å². The van der Waals surface area contributed by atoms with Crippen LogP contribution in [0.2, 0.25) is 0 Å². The molecule has 0 spiro atoms. The Balaban J connectivity index is 2.72. The van der Waals surface area contributed by atoms with E-state index in [1.54, 1.807) is 13.0 Å². The average Bonchev–Trinajstić information content (AvgIpc) is 2.16. The molecule has 0 fully saturated rings. The number of benzene rings is 1. The van der Waals surface area contributed by atoms with E-state index in [0.29, 0.717) is 6.42 Å². The van der Waals surface area contributed by atoms with Crippen LogP contribution in [-0.2, 0) is 16.0 Å². The lowest BCUT2D eigenvalue weighted by Gasteiger charge is -1.98. The fourth-order valence-corrected chi connectivity index (χ4v) is 1.25. The summed E-state index contributed by atoms with van der Waals surface area (Å²) < 4.78 is 0. The lowest BCUT2D eigenvalue weighted by atomic mass is 10.1. The van der Waals surface area contributed by atoms with E-state index in [9.17, 15) is 9.59 Å². The van der Waals surface area contributed by atoms with Crippen molar-refractivity contribution in [1.82, 2.24) is 0 Å². The normalized spacial score (nSPS) is 10.5. The van der Waals surface area contributed by atoms with Crippen LogP contribution in [0.25, 0.3) is 6.08 Å². The third-order valence-electron chi connectivity index (χ3n) is 1.94. The molecule has 0 amide bonds. The summed E-state index contributed by atoms with van der Waals surface area (Å²) in [4.78, 5) is 21.6. The first-order chi connectivity index (χ1) is 7.08. The van der Waals surface area contributed by atoms with Gasteiger partial charge in [0.05, 0.1) is 0 Å². The molecule has 1 aromatic rings. The molecule has 0 saturated heterocycles. The lowest BCUT2D eigenvalue weighted by molar-refractivity contribution is -0.116. The zero-order valence-corrected chi connectivity index (χ0v) is 8.99. The molecule has 1 aromatic carbocycles. The lowest BCUT2D eigenvalue weighted by Crippen LogP contribution is -1.95. The first-order valence-electron chi connectivity index (χ1n) is 4.85. The van der Waals surface area contributed by atoms with Gasteiger partial charge in [-0.05, 0) is 31.1 Å². The van der Waals surface area contributed by atoms with Gasteiger partial charge in [0.2, 0.25) is 0 Å². The Hall–Kier alpha value is -1.70. The SMILES string of the molecule is CC(=O)/C=C/c1ccc(CC(C)=O)cc1. The maximum atomic E-state index is 10.9. The van der Waals surface area contributed by atoms with Gasteiger partial charge < -0.3 is 0 Å². The second-order valence-electron chi connectivity index (χ2n) is 3.56. The molecule has 78 valence electrons. The molecule has 0 radical (unpaired) electrons. The third-order valence-corrected chi connectivity index (χ3v) is 1.94. The Morgan fingerprint density at radius 2 is 1.73 bits per heavy atom. The molecule has 0 unspecified atom stereocenters. The van der Waals surface area contributed by atoms with E-state index < -0.39 is 0 Å². The minimum atomic E-state index is 0.0304. The highest BCUT2D eigenvalue weighted by Crippen LogP contribution is 2.07. The van der Waals surface area contributed by atoms with E-state index in [1.807, 2.05) is 24.3 Å². The number of ketones is 2. The highest BCUT2D eigenvalue weighted by atomic mass is 16.1. The van der Waals surface area contributed by atoms with Gasteiger partial charge in [-0.25, -0.2) is 0 Å². The minimum absolute atomic E-state index is 0.0304. The van der Waals surface area contributed by atoms with Gasteiger partial charge >= 0.3 is 0 Å². The van der Waals surface area contributed by atoms with Gasteiger partial charge in [-0.15, -0.1) is 0 Å². The highest BCUT2D eigenvalue weighted by Gasteiger charge is 1.96. The topological polar surface area (TPSA) is 34.1 Å². The van der Waals surface area contributed by atoms with Crippen molar-refractivity contribution in [2.45, 2.75) is 20.3 Å². The van der Waals surface area contributed by atoms with Gasteiger partial charge in [-0.2, -0.15) is 0 Å². The van der Waals surface area contributed by atoms with Crippen molar-refractivity contribution in [3.8, 4) is 0 Å². The number of carbonyl (C=O) groups is 2. The molecular formula is C13H14O2. The summed E-state index contributed by atoms with van der Waals surface area (Å²) in [5.74, 6) is 0.185. The van der Waals surface area contributed by atoms with Crippen molar-refractivity contribution >= 4 is 17.6 Å². The molecule has 0 aliphatic carbocycles. The third kappa shape index (κ3) is 4.36. The number of hydrogen-bond donors (Lipinski definition) is 0. The van der Waals surface area contributed by atoms with Gasteiger partial charge in [-0.1, -0.05) is 30.3 Å². The Kier molecular flexibility index (Phi) is 3.98. The number of rotatable bonds is 4. The quantitative estimate of drug-likeness (QED) is 0.703. The summed E-state index contributed by atoms with van der Waals surface area (Å²) in [6, 6.07) is 7.61. The summed E-state index contributed by atoms with van der Waals surface area (Å²) >= 11 is 0. The number of Topliss-reactive ketones (excluding diaryl/α,β-unsaturated/α-hetero) is 1. The summed E-state index contributed by atoms with van der Waals surface area (Å²) in [5.41, 5.74) is 1.97. The molecule has 0 aliphatic rings. The van der Waals surface area contributed by atoms with Crippen LogP contribution in [0.1, 0.15) is 25.0 Å². The molecule has 15 heavy (non-hydrogen) atoms. The van der Waals surface area contributed by atoms with Crippen molar-refractivity contribution in [1.29, 1.82) is 0 Å². The molecule has 2 nitrogen and oxygen atoms in total. The van der Waals surface area contributed by atoms with Crippen molar-refractivity contribution < 1.29 is 9.59 Å². The summed E-state index contributed by atoms with van der Waals surface area (Å²) in [5, 5.41) is 0. The number of allylic oxidation sites excluding steroid dienone is 1. The molecule has 0 aromatic heterocycles. The monoisotopic (exact) mass is 202 g/mol. The smallest absolute Gasteiger partial charge is 0.152 e. The van der Waals surface area contributed by atoms with Gasteiger partial charge in [-0.3, -0.25) is 9.59 Å². The van der Waals surface area contributed by atoms with Crippen LogP contribution in [0.15, 0.2) is 30.3 Å². The first kappa shape index (κ1) is 11.4. The summed E-state index contributed by atoms with van der Waals surface area (Å²) in [6.45, 7) is 3.09. The van der Waals surface area contributed by atoms with Crippen LogP contribution in [0, 0.1) is 0 Å². The van der Waals surface area contributed by atoms with Crippen LogP contribution in [0.5, 0.6) is 0 Å².